The normalized spacial score (nSPS) is 16.4. The van der Waals surface area contributed by atoms with Crippen LogP contribution >= 0.6 is 0 Å². The summed E-state index contributed by atoms with van der Waals surface area (Å²) in [6.07, 6.45) is 3.46. The summed E-state index contributed by atoms with van der Waals surface area (Å²) in [5, 5.41) is 14.1. The molecule has 4 nitrogen and oxygen atoms in total. The number of aliphatic hydroxyl groups is 1. The van der Waals surface area contributed by atoms with Gasteiger partial charge in [-0.05, 0) is 49.4 Å². The number of fused-ring (bicyclic) bond motifs is 1. The molecule has 0 bridgehead atoms. The van der Waals surface area contributed by atoms with Crippen molar-refractivity contribution in [1.82, 2.24) is 9.78 Å². The van der Waals surface area contributed by atoms with E-state index in [0.29, 0.717) is 0 Å². The number of nitrogens with two attached hydrogens (primary N) is 1. The SMILES string of the molecule is CCn1nccc1-c1ccc([C@@H](N)[C@H](C)O)c2c1CC2. The van der Waals surface area contributed by atoms with Crippen LogP contribution in [-0.2, 0) is 19.4 Å². The van der Waals surface area contributed by atoms with Crippen LogP contribution in [0.1, 0.15) is 36.6 Å². The molecule has 3 N–H and O–H groups in total. The van der Waals surface area contributed by atoms with Crippen LogP contribution in [0.2, 0.25) is 0 Å². The third-order valence-corrected chi connectivity index (χ3v) is 4.26. The lowest BCUT2D eigenvalue weighted by atomic mass is 9.78. The van der Waals surface area contributed by atoms with Crippen LogP contribution in [0.15, 0.2) is 24.4 Å². The molecule has 3 rings (SSSR count). The summed E-state index contributed by atoms with van der Waals surface area (Å²) in [6.45, 7) is 4.71. The van der Waals surface area contributed by atoms with Gasteiger partial charge in [0.05, 0.1) is 17.8 Å². The van der Waals surface area contributed by atoms with Crippen LogP contribution in [0.3, 0.4) is 0 Å². The first-order chi connectivity index (χ1) is 9.63. The fraction of sp³-hybridized carbons (Fsp3) is 0.438. The number of hydrogen-bond acceptors (Lipinski definition) is 3. The molecule has 0 aliphatic heterocycles. The lowest BCUT2D eigenvalue weighted by Gasteiger charge is -2.29. The Bertz CT molecular complexity index is 631. The first-order valence-corrected chi connectivity index (χ1v) is 7.24. The Morgan fingerprint density at radius 2 is 2.05 bits per heavy atom. The van der Waals surface area contributed by atoms with Crippen LogP contribution < -0.4 is 5.73 Å². The van der Waals surface area contributed by atoms with E-state index in [2.05, 4.69) is 30.2 Å². The number of aromatic nitrogens is 2. The van der Waals surface area contributed by atoms with Crippen molar-refractivity contribution in [2.24, 2.45) is 5.73 Å². The maximum atomic E-state index is 9.71. The Hall–Kier alpha value is -1.65. The van der Waals surface area contributed by atoms with E-state index in [1.807, 2.05) is 10.9 Å². The first-order valence-electron chi connectivity index (χ1n) is 7.24. The maximum Gasteiger partial charge on any atom is 0.0704 e. The molecule has 0 fully saturated rings. The molecule has 1 aliphatic carbocycles. The van der Waals surface area contributed by atoms with E-state index in [1.54, 1.807) is 6.92 Å². The summed E-state index contributed by atoms with van der Waals surface area (Å²) in [6, 6.07) is 5.96. The number of aryl methyl sites for hydroxylation is 1. The molecule has 2 aromatic rings. The summed E-state index contributed by atoms with van der Waals surface area (Å²) < 4.78 is 2.02. The van der Waals surface area contributed by atoms with Gasteiger partial charge in [0.15, 0.2) is 0 Å². The van der Waals surface area contributed by atoms with Gasteiger partial charge in [-0.1, -0.05) is 12.1 Å². The first kappa shape index (κ1) is 13.3. The molecule has 1 aromatic carbocycles. The van der Waals surface area contributed by atoms with Crippen molar-refractivity contribution in [2.75, 3.05) is 0 Å². The highest BCUT2D eigenvalue weighted by atomic mass is 16.3. The second kappa shape index (κ2) is 5.04. The molecule has 106 valence electrons. The molecular weight excluding hydrogens is 250 g/mol. The van der Waals surface area contributed by atoms with Gasteiger partial charge in [-0.25, -0.2) is 0 Å². The molecule has 1 aromatic heterocycles. The third-order valence-electron chi connectivity index (χ3n) is 4.26. The third kappa shape index (κ3) is 1.96. The molecule has 0 saturated carbocycles. The lowest BCUT2D eigenvalue weighted by Crippen LogP contribution is -2.27. The largest absolute Gasteiger partial charge is 0.391 e. The van der Waals surface area contributed by atoms with Crippen molar-refractivity contribution >= 4 is 0 Å². The average molecular weight is 271 g/mol. The predicted molar refractivity (Wildman–Crippen MR) is 79.4 cm³/mol. The van der Waals surface area contributed by atoms with Crippen molar-refractivity contribution in [3.05, 3.63) is 41.1 Å². The molecule has 0 radical (unpaired) electrons. The summed E-state index contributed by atoms with van der Waals surface area (Å²) in [7, 11) is 0. The van der Waals surface area contributed by atoms with E-state index < -0.39 is 6.10 Å². The minimum Gasteiger partial charge on any atom is -0.391 e. The zero-order chi connectivity index (χ0) is 14.3. The number of hydrogen-bond donors (Lipinski definition) is 2. The smallest absolute Gasteiger partial charge is 0.0704 e. The second-order valence-electron chi connectivity index (χ2n) is 5.46. The monoisotopic (exact) mass is 271 g/mol. The molecule has 1 aliphatic rings. The lowest BCUT2D eigenvalue weighted by molar-refractivity contribution is 0.163. The van der Waals surface area contributed by atoms with Gasteiger partial charge in [-0.3, -0.25) is 4.68 Å². The van der Waals surface area contributed by atoms with Crippen LogP contribution in [0.5, 0.6) is 0 Å². The summed E-state index contributed by atoms with van der Waals surface area (Å²) in [5.41, 5.74) is 12.3. The van der Waals surface area contributed by atoms with Gasteiger partial charge in [0.25, 0.3) is 0 Å². The number of aliphatic hydroxyl groups excluding tert-OH is 1. The molecule has 0 saturated heterocycles. The highest BCUT2D eigenvalue weighted by Gasteiger charge is 2.26. The molecule has 1 heterocycles. The van der Waals surface area contributed by atoms with Gasteiger partial charge in [0.2, 0.25) is 0 Å². The van der Waals surface area contributed by atoms with Crippen LogP contribution in [-0.4, -0.2) is 21.0 Å². The summed E-state index contributed by atoms with van der Waals surface area (Å²) >= 11 is 0. The van der Waals surface area contributed by atoms with Crippen molar-refractivity contribution in [2.45, 2.75) is 45.4 Å². The minimum atomic E-state index is -0.522. The number of rotatable bonds is 4. The van der Waals surface area contributed by atoms with Gasteiger partial charge in [0.1, 0.15) is 0 Å². The topological polar surface area (TPSA) is 64.1 Å². The quantitative estimate of drug-likeness (QED) is 0.894. The molecule has 2 atom stereocenters. The van der Waals surface area contributed by atoms with Gasteiger partial charge >= 0.3 is 0 Å². The standard InChI is InChI=1S/C16H21N3O/c1-3-19-15(8-9-18-19)13-6-7-14(16(17)10(2)20)12-5-4-11(12)13/h6-10,16,20H,3-5,17H2,1-2H3/t10-,16-/m0/s1. The Kier molecular flexibility index (Phi) is 3.36. The summed E-state index contributed by atoms with van der Waals surface area (Å²) in [4.78, 5) is 0. The highest BCUT2D eigenvalue weighted by Crippen LogP contribution is 2.38. The van der Waals surface area contributed by atoms with Crippen LogP contribution in [0, 0.1) is 0 Å². The van der Waals surface area contributed by atoms with E-state index in [4.69, 9.17) is 5.73 Å². The predicted octanol–water partition coefficient (Wildman–Crippen LogP) is 2.05. The zero-order valence-electron chi connectivity index (χ0n) is 12.0. The van der Waals surface area contributed by atoms with E-state index in [0.717, 1.165) is 24.9 Å². The van der Waals surface area contributed by atoms with Crippen molar-refractivity contribution in [3.63, 3.8) is 0 Å². The van der Waals surface area contributed by atoms with Gasteiger partial charge in [-0.15, -0.1) is 0 Å². The molecule has 20 heavy (non-hydrogen) atoms. The second-order valence-corrected chi connectivity index (χ2v) is 5.46. The summed E-state index contributed by atoms with van der Waals surface area (Å²) in [5.74, 6) is 0. The number of benzene rings is 1. The van der Waals surface area contributed by atoms with E-state index in [1.165, 1.54) is 22.4 Å². The van der Waals surface area contributed by atoms with E-state index in [-0.39, 0.29) is 6.04 Å². The minimum absolute atomic E-state index is 0.297. The molecule has 0 amide bonds. The van der Waals surface area contributed by atoms with Crippen molar-refractivity contribution in [3.8, 4) is 11.3 Å². The van der Waals surface area contributed by atoms with Gasteiger partial charge in [-0.2, -0.15) is 5.10 Å². The fourth-order valence-corrected chi connectivity index (χ4v) is 2.99. The number of nitrogens with zero attached hydrogens (tertiary/aromatic N) is 2. The van der Waals surface area contributed by atoms with Crippen LogP contribution in [0.25, 0.3) is 11.3 Å². The Labute approximate surface area is 119 Å². The van der Waals surface area contributed by atoms with Gasteiger partial charge < -0.3 is 10.8 Å². The molecular formula is C16H21N3O. The van der Waals surface area contributed by atoms with E-state index >= 15 is 0 Å². The molecule has 4 heteroatoms. The Morgan fingerprint density at radius 3 is 2.65 bits per heavy atom. The fourth-order valence-electron chi connectivity index (χ4n) is 2.99. The van der Waals surface area contributed by atoms with E-state index in [9.17, 15) is 5.11 Å². The zero-order valence-corrected chi connectivity index (χ0v) is 12.0. The maximum absolute atomic E-state index is 9.71. The average Bonchev–Trinajstić information content (AvgIpc) is 2.86. The van der Waals surface area contributed by atoms with Crippen LogP contribution in [0.4, 0.5) is 0 Å². The Morgan fingerprint density at radius 1 is 1.30 bits per heavy atom. The highest BCUT2D eigenvalue weighted by molar-refractivity contribution is 5.69. The Balaban J connectivity index is 2.07. The molecule has 0 unspecified atom stereocenters. The van der Waals surface area contributed by atoms with Crippen molar-refractivity contribution in [1.29, 1.82) is 0 Å². The van der Waals surface area contributed by atoms with Gasteiger partial charge in [0, 0.05) is 18.3 Å². The molecule has 0 spiro atoms. The van der Waals surface area contributed by atoms with Crippen molar-refractivity contribution < 1.29 is 5.11 Å².